The molecule has 0 aliphatic carbocycles. The number of nitrogens with zero attached hydrogens (tertiary/aromatic N) is 1. The minimum absolute atomic E-state index is 0.242. The van der Waals surface area contributed by atoms with Gasteiger partial charge in [0.2, 0.25) is 0 Å². The van der Waals surface area contributed by atoms with Crippen molar-refractivity contribution < 1.29 is 4.39 Å². The van der Waals surface area contributed by atoms with Gasteiger partial charge in [0.25, 0.3) is 0 Å². The van der Waals surface area contributed by atoms with Crippen LogP contribution >= 0.6 is 27.3 Å². The standard InChI is InChI=1S/C15H18BrFN2S/c1-3-5-18-9-14-13(4-2)19-15(20-14)10-6-11(16)8-12(17)7-10/h6-8,18H,3-5,9H2,1-2H3. The number of hydrogen-bond acceptors (Lipinski definition) is 3. The average molecular weight is 357 g/mol. The quantitative estimate of drug-likeness (QED) is 0.753. The molecule has 0 unspecified atom stereocenters. The van der Waals surface area contributed by atoms with E-state index in [1.54, 1.807) is 11.3 Å². The summed E-state index contributed by atoms with van der Waals surface area (Å²) < 4.78 is 14.2. The molecule has 0 radical (unpaired) electrons. The van der Waals surface area contributed by atoms with Gasteiger partial charge in [0.05, 0.1) is 5.69 Å². The zero-order chi connectivity index (χ0) is 14.5. The first-order chi connectivity index (χ1) is 9.63. The number of benzene rings is 1. The summed E-state index contributed by atoms with van der Waals surface area (Å²) in [5.41, 5.74) is 1.94. The topological polar surface area (TPSA) is 24.9 Å². The van der Waals surface area contributed by atoms with Crippen LogP contribution in [0.15, 0.2) is 22.7 Å². The third-order valence-electron chi connectivity index (χ3n) is 2.93. The fourth-order valence-corrected chi connectivity index (χ4v) is 3.55. The van der Waals surface area contributed by atoms with Crippen LogP contribution in [-0.4, -0.2) is 11.5 Å². The van der Waals surface area contributed by atoms with Gasteiger partial charge in [-0.15, -0.1) is 11.3 Å². The van der Waals surface area contributed by atoms with Crippen LogP contribution < -0.4 is 5.32 Å². The summed E-state index contributed by atoms with van der Waals surface area (Å²) in [4.78, 5) is 5.90. The van der Waals surface area contributed by atoms with E-state index in [0.717, 1.165) is 46.7 Å². The molecule has 0 bridgehead atoms. The van der Waals surface area contributed by atoms with Crippen molar-refractivity contribution >= 4 is 27.3 Å². The molecule has 2 rings (SSSR count). The van der Waals surface area contributed by atoms with Crippen LogP contribution in [0.5, 0.6) is 0 Å². The van der Waals surface area contributed by atoms with E-state index in [0.29, 0.717) is 0 Å². The van der Waals surface area contributed by atoms with Crippen molar-refractivity contribution in [3.63, 3.8) is 0 Å². The summed E-state index contributed by atoms with van der Waals surface area (Å²) in [6, 6.07) is 4.90. The Hall–Kier alpha value is -0.780. The molecule has 20 heavy (non-hydrogen) atoms. The van der Waals surface area contributed by atoms with Crippen molar-refractivity contribution in [2.24, 2.45) is 0 Å². The molecular formula is C15H18BrFN2S. The van der Waals surface area contributed by atoms with Crippen molar-refractivity contribution in [3.05, 3.63) is 39.1 Å². The Balaban J connectivity index is 2.28. The molecule has 1 heterocycles. The molecule has 0 spiro atoms. The number of aryl methyl sites for hydroxylation is 1. The lowest BCUT2D eigenvalue weighted by Crippen LogP contribution is -2.13. The molecular weight excluding hydrogens is 339 g/mol. The molecule has 0 fully saturated rings. The third-order valence-corrected chi connectivity index (χ3v) is 4.54. The highest BCUT2D eigenvalue weighted by atomic mass is 79.9. The van der Waals surface area contributed by atoms with Gasteiger partial charge in [-0.1, -0.05) is 29.8 Å². The molecule has 0 atom stereocenters. The average Bonchev–Trinajstić information content (AvgIpc) is 2.81. The number of hydrogen-bond donors (Lipinski definition) is 1. The van der Waals surface area contributed by atoms with E-state index in [4.69, 9.17) is 0 Å². The SMILES string of the molecule is CCCNCc1sc(-c2cc(F)cc(Br)c2)nc1CC. The van der Waals surface area contributed by atoms with Gasteiger partial charge in [-0.25, -0.2) is 9.37 Å². The highest BCUT2D eigenvalue weighted by Gasteiger charge is 2.12. The monoisotopic (exact) mass is 356 g/mol. The van der Waals surface area contributed by atoms with Gasteiger partial charge < -0.3 is 5.32 Å². The highest BCUT2D eigenvalue weighted by Crippen LogP contribution is 2.30. The molecule has 0 amide bonds. The molecule has 1 aromatic carbocycles. The molecule has 0 saturated heterocycles. The lowest BCUT2D eigenvalue weighted by molar-refractivity contribution is 0.627. The second-order valence-corrected chi connectivity index (χ2v) is 6.58. The number of halogens is 2. The molecule has 108 valence electrons. The fourth-order valence-electron chi connectivity index (χ4n) is 1.98. The lowest BCUT2D eigenvalue weighted by atomic mass is 10.2. The molecule has 5 heteroatoms. The normalized spacial score (nSPS) is 11.0. The molecule has 2 aromatic rings. The number of nitrogens with one attached hydrogen (secondary N) is 1. The van der Waals surface area contributed by atoms with Gasteiger partial charge in [0.1, 0.15) is 10.8 Å². The number of aromatic nitrogens is 1. The lowest BCUT2D eigenvalue weighted by Gasteiger charge is -2.01. The van der Waals surface area contributed by atoms with E-state index in [2.05, 4.69) is 40.1 Å². The fraction of sp³-hybridized carbons (Fsp3) is 0.400. The highest BCUT2D eigenvalue weighted by molar-refractivity contribution is 9.10. The van der Waals surface area contributed by atoms with Gasteiger partial charge in [0.15, 0.2) is 0 Å². The van der Waals surface area contributed by atoms with Crippen LogP contribution in [0.1, 0.15) is 30.8 Å². The maximum Gasteiger partial charge on any atom is 0.125 e. The first kappa shape index (κ1) is 15.6. The zero-order valence-corrected chi connectivity index (χ0v) is 14.1. The van der Waals surface area contributed by atoms with Crippen LogP contribution in [0.25, 0.3) is 10.6 Å². The second-order valence-electron chi connectivity index (χ2n) is 4.58. The Morgan fingerprint density at radius 2 is 2.10 bits per heavy atom. The van der Waals surface area contributed by atoms with Gasteiger partial charge in [-0.05, 0) is 37.6 Å². The summed E-state index contributed by atoms with van der Waals surface area (Å²) >= 11 is 4.97. The molecule has 0 aliphatic heterocycles. The van der Waals surface area contributed by atoms with Crippen molar-refractivity contribution in [1.29, 1.82) is 0 Å². The molecule has 1 N–H and O–H groups in total. The third kappa shape index (κ3) is 3.87. The zero-order valence-electron chi connectivity index (χ0n) is 11.7. The van der Waals surface area contributed by atoms with Crippen molar-refractivity contribution in [1.82, 2.24) is 10.3 Å². The Labute approximate surface area is 131 Å². The van der Waals surface area contributed by atoms with E-state index in [9.17, 15) is 4.39 Å². The van der Waals surface area contributed by atoms with Crippen LogP contribution in [0, 0.1) is 5.82 Å². The first-order valence-electron chi connectivity index (χ1n) is 6.79. The van der Waals surface area contributed by atoms with E-state index in [-0.39, 0.29) is 5.82 Å². The van der Waals surface area contributed by atoms with E-state index in [1.807, 2.05) is 6.07 Å². The molecule has 1 aromatic heterocycles. The summed E-state index contributed by atoms with van der Waals surface area (Å²) in [6.45, 7) is 6.09. The predicted octanol–water partition coefficient (Wildman–Crippen LogP) is 4.77. The maximum atomic E-state index is 13.5. The van der Waals surface area contributed by atoms with Crippen LogP contribution in [0.3, 0.4) is 0 Å². The first-order valence-corrected chi connectivity index (χ1v) is 8.40. The summed E-state index contributed by atoms with van der Waals surface area (Å²) in [7, 11) is 0. The van der Waals surface area contributed by atoms with Crippen molar-refractivity contribution in [2.75, 3.05) is 6.54 Å². The van der Waals surface area contributed by atoms with Crippen LogP contribution in [0.2, 0.25) is 0 Å². The van der Waals surface area contributed by atoms with Gasteiger partial charge >= 0.3 is 0 Å². The molecule has 0 saturated carbocycles. The summed E-state index contributed by atoms with van der Waals surface area (Å²) in [5.74, 6) is -0.242. The van der Waals surface area contributed by atoms with E-state index >= 15 is 0 Å². The maximum absolute atomic E-state index is 13.5. The molecule has 0 aliphatic rings. The number of thiazole rings is 1. The van der Waals surface area contributed by atoms with Gasteiger partial charge in [-0.3, -0.25) is 0 Å². The smallest absolute Gasteiger partial charge is 0.125 e. The Morgan fingerprint density at radius 3 is 2.75 bits per heavy atom. The second kappa shape index (κ2) is 7.29. The summed E-state index contributed by atoms with van der Waals surface area (Å²) in [6.07, 6.45) is 2.01. The minimum Gasteiger partial charge on any atom is -0.312 e. The van der Waals surface area contributed by atoms with Gasteiger partial charge in [0, 0.05) is 21.5 Å². The van der Waals surface area contributed by atoms with E-state index in [1.165, 1.54) is 17.0 Å². The van der Waals surface area contributed by atoms with Gasteiger partial charge in [-0.2, -0.15) is 0 Å². The molecule has 2 nitrogen and oxygen atoms in total. The Morgan fingerprint density at radius 1 is 1.30 bits per heavy atom. The largest absolute Gasteiger partial charge is 0.312 e. The Bertz CT molecular complexity index is 563. The van der Waals surface area contributed by atoms with Crippen LogP contribution in [0.4, 0.5) is 4.39 Å². The van der Waals surface area contributed by atoms with E-state index < -0.39 is 0 Å². The number of rotatable bonds is 6. The Kier molecular flexibility index (Phi) is 5.69. The predicted molar refractivity (Wildman–Crippen MR) is 86.6 cm³/mol. The van der Waals surface area contributed by atoms with Crippen molar-refractivity contribution in [2.45, 2.75) is 33.2 Å². The van der Waals surface area contributed by atoms with Crippen molar-refractivity contribution in [3.8, 4) is 10.6 Å². The summed E-state index contributed by atoms with van der Waals surface area (Å²) in [5, 5.41) is 4.29. The van der Waals surface area contributed by atoms with Crippen LogP contribution in [-0.2, 0) is 13.0 Å². The minimum atomic E-state index is -0.242.